The summed E-state index contributed by atoms with van der Waals surface area (Å²) in [6, 6.07) is 1.10. The SMILES string of the molecule is C=C(CNC(C)C)CN(CC)C(C)CN(C)C. The molecule has 0 spiro atoms. The fourth-order valence-electron chi connectivity index (χ4n) is 1.91. The summed E-state index contributed by atoms with van der Waals surface area (Å²) in [6.45, 7) is 17.1. The zero-order valence-electron chi connectivity index (χ0n) is 12.6. The molecule has 0 bridgehead atoms. The smallest absolute Gasteiger partial charge is 0.0206 e. The van der Waals surface area contributed by atoms with E-state index in [1.165, 1.54) is 5.57 Å². The third-order valence-electron chi connectivity index (χ3n) is 2.85. The molecule has 0 saturated heterocycles. The van der Waals surface area contributed by atoms with Crippen LogP contribution in [0.4, 0.5) is 0 Å². The van der Waals surface area contributed by atoms with Gasteiger partial charge in [0.05, 0.1) is 0 Å². The zero-order valence-corrected chi connectivity index (χ0v) is 12.6. The summed E-state index contributed by atoms with van der Waals surface area (Å²) >= 11 is 0. The fourth-order valence-corrected chi connectivity index (χ4v) is 1.91. The molecule has 0 saturated carbocycles. The van der Waals surface area contributed by atoms with Gasteiger partial charge in [0.2, 0.25) is 0 Å². The van der Waals surface area contributed by atoms with Gasteiger partial charge in [-0.3, -0.25) is 4.90 Å². The summed E-state index contributed by atoms with van der Waals surface area (Å²) in [5, 5.41) is 3.42. The van der Waals surface area contributed by atoms with E-state index < -0.39 is 0 Å². The van der Waals surface area contributed by atoms with Crippen LogP contribution in [0, 0.1) is 0 Å². The van der Waals surface area contributed by atoms with Crippen molar-refractivity contribution >= 4 is 0 Å². The van der Waals surface area contributed by atoms with Crippen LogP contribution in [-0.2, 0) is 0 Å². The molecule has 0 aromatic carbocycles. The van der Waals surface area contributed by atoms with Gasteiger partial charge < -0.3 is 10.2 Å². The minimum absolute atomic E-state index is 0.529. The molecule has 0 amide bonds. The minimum atomic E-state index is 0.529. The maximum absolute atomic E-state index is 4.16. The molecule has 17 heavy (non-hydrogen) atoms. The molecular formula is C14H31N3. The average molecular weight is 241 g/mol. The first-order valence-electron chi connectivity index (χ1n) is 6.65. The second-order valence-electron chi connectivity index (χ2n) is 5.46. The molecule has 3 heteroatoms. The van der Waals surface area contributed by atoms with Gasteiger partial charge in [0, 0.05) is 31.7 Å². The topological polar surface area (TPSA) is 18.5 Å². The molecule has 0 fully saturated rings. The van der Waals surface area contributed by atoms with Crippen LogP contribution < -0.4 is 5.32 Å². The highest BCUT2D eigenvalue weighted by Gasteiger charge is 2.13. The number of rotatable bonds is 9. The van der Waals surface area contributed by atoms with E-state index in [-0.39, 0.29) is 0 Å². The lowest BCUT2D eigenvalue weighted by Gasteiger charge is -2.30. The third-order valence-corrected chi connectivity index (χ3v) is 2.85. The Bertz CT molecular complexity index is 212. The van der Waals surface area contributed by atoms with E-state index in [4.69, 9.17) is 0 Å². The number of hydrogen-bond acceptors (Lipinski definition) is 3. The lowest BCUT2D eigenvalue weighted by atomic mass is 10.2. The van der Waals surface area contributed by atoms with Gasteiger partial charge in [0.15, 0.2) is 0 Å². The standard InChI is InChI=1S/C14H31N3/c1-8-17(14(5)11-16(6)7)10-13(4)9-15-12(2)3/h12,14-15H,4,8-11H2,1-3,5-7H3. The van der Waals surface area contributed by atoms with Crippen LogP contribution in [0.5, 0.6) is 0 Å². The molecule has 0 heterocycles. The molecule has 1 atom stereocenters. The molecule has 1 unspecified atom stereocenters. The van der Waals surface area contributed by atoms with Crippen molar-refractivity contribution in [3.05, 3.63) is 12.2 Å². The molecule has 0 aliphatic carbocycles. The van der Waals surface area contributed by atoms with Gasteiger partial charge in [-0.05, 0) is 33.1 Å². The summed E-state index contributed by atoms with van der Waals surface area (Å²) in [5.74, 6) is 0. The molecule has 3 nitrogen and oxygen atoms in total. The Morgan fingerprint density at radius 3 is 2.24 bits per heavy atom. The molecular weight excluding hydrogens is 210 g/mol. The quantitative estimate of drug-likeness (QED) is 0.621. The summed E-state index contributed by atoms with van der Waals surface area (Å²) in [6.07, 6.45) is 0. The van der Waals surface area contributed by atoms with Crippen LogP contribution in [0.15, 0.2) is 12.2 Å². The maximum Gasteiger partial charge on any atom is 0.0206 e. The summed E-state index contributed by atoms with van der Waals surface area (Å²) < 4.78 is 0. The Balaban J connectivity index is 4.06. The number of likely N-dealkylation sites (N-methyl/N-ethyl adjacent to an activating group) is 2. The lowest BCUT2D eigenvalue weighted by molar-refractivity contribution is 0.194. The second-order valence-corrected chi connectivity index (χ2v) is 5.46. The van der Waals surface area contributed by atoms with Gasteiger partial charge in [-0.1, -0.05) is 27.4 Å². The van der Waals surface area contributed by atoms with E-state index in [0.29, 0.717) is 12.1 Å². The summed E-state index contributed by atoms with van der Waals surface area (Å²) in [5.41, 5.74) is 1.27. The predicted molar refractivity (Wildman–Crippen MR) is 77.5 cm³/mol. The fraction of sp³-hybridized carbons (Fsp3) is 0.857. The monoisotopic (exact) mass is 241 g/mol. The normalized spacial score (nSPS) is 13.7. The van der Waals surface area contributed by atoms with Crippen molar-refractivity contribution in [2.75, 3.05) is 40.3 Å². The maximum atomic E-state index is 4.16. The van der Waals surface area contributed by atoms with Crippen molar-refractivity contribution in [3.8, 4) is 0 Å². The number of hydrogen-bond donors (Lipinski definition) is 1. The van der Waals surface area contributed by atoms with Gasteiger partial charge in [0.1, 0.15) is 0 Å². The Kier molecular flexibility index (Phi) is 8.48. The van der Waals surface area contributed by atoms with Crippen LogP contribution in [0.25, 0.3) is 0 Å². The van der Waals surface area contributed by atoms with Gasteiger partial charge in [-0.15, -0.1) is 0 Å². The lowest BCUT2D eigenvalue weighted by Crippen LogP contribution is -2.42. The van der Waals surface area contributed by atoms with Crippen molar-refractivity contribution in [2.24, 2.45) is 0 Å². The summed E-state index contributed by atoms with van der Waals surface area (Å²) in [7, 11) is 4.25. The van der Waals surface area contributed by atoms with Crippen molar-refractivity contribution < 1.29 is 0 Å². The van der Waals surface area contributed by atoms with Gasteiger partial charge in [0.25, 0.3) is 0 Å². The summed E-state index contributed by atoms with van der Waals surface area (Å²) in [4.78, 5) is 4.72. The molecule has 0 aromatic rings. The first kappa shape index (κ1) is 16.6. The number of nitrogens with zero attached hydrogens (tertiary/aromatic N) is 2. The van der Waals surface area contributed by atoms with E-state index in [1.54, 1.807) is 0 Å². The van der Waals surface area contributed by atoms with Gasteiger partial charge in [-0.25, -0.2) is 0 Å². The molecule has 0 aliphatic rings. The van der Waals surface area contributed by atoms with Crippen molar-refractivity contribution in [1.82, 2.24) is 15.1 Å². The molecule has 102 valence electrons. The zero-order chi connectivity index (χ0) is 13.4. The van der Waals surface area contributed by atoms with Crippen molar-refractivity contribution in [3.63, 3.8) is 0 Å². The highest BCUT2D eigenvalue weighted by molar-refractivity contribution is 5.00. The molecule has 0 aliphatic heterocycles. The van der Waals surface area contributed by atoms with Gasteiger partial charge >= 0.3 is 0 Å². The van der Waals surface area contributed by atoms with Gasteiger partial charge in [-0.2, -0.15) is 0 Å². The molecule has 0 rings (SSSR count). The van der Waals surface area contributed by atoms with Crippen LogP contribution in [-0.4, -0.2) is 62.2 Å². The third kappa shape index (κ3) is 8.36. The van der Waals surface area contributed by atoms with Crippen molar-refractivity contribution in [2.45, 2.75) is 39.8 Å². The van der Waals surface area contributed by atoms with Crippen LogP contribution in [0.2, 0.25) is 0 Å². The highest BCUT2D eigenvalue weighted by atomic mass is 15.2. The Hall–Kier alpha value is -0.380. The number of nitrogens with one attached hydrogen (secondary N) is 1. The Labute approximate surface area is 108 Å². The molecule has 1 N–H and O–H groups in total. The van der Waals surface area contributed by atoms with Crippen LogP contribution >= 0.6 is 0 Å². The Morgan fingerprint density at radius 2 is 1.82 bits per heavy atom. The average Bonchev–Trinajstić information content (AvgIpc) is 2.21. The Morgan fingerprint density at radius 1 is 1.24 bits per heavy atom. The van der Waals surface area contributed by atoms with Crippen LogP contribution in [0.1, 0.15) is 27.7 Å². The van der Waals surface area contributed by atoms with Crippen molar-refractivity contribution in [1.29, 1.82) is 0 Å². The van der Waals surface area contributed by atoms with E-state index in [0.717, 1.165) is 26.2 Å². The van der Waals surface area contributed by atoms with E-state index in [1.807, 2.05) is 0 Å². The van der Waals surface area contributed by atoms with E-state index in [9.17, 15) is 0 Å². The van der Waals surface area contributed by atoms with E-state index >= 15 is 0 Å². The van der Waals surface area contributed by atoms with E-state index in [2.05, 4.69) is 63.5 Å². The van der Waals surface area contributed by atoms with Crippen LogP contribution in [0.3, 0.4) is 0 Å². The predicted octanol–water partition coefficient (Wildman–Crippen LogP) is 1.81. The second kappa shape index (κ2) is 8.67. The highest BCUT2D eigenvalue weighted by Crippen LogP contribution is 2.04. The first-order valence-corrected chi connectivity index (χ1v) is 6.65. The molecule has 0 radical (unpaired) electrons. The minimum Gasteiger partial charge on any atom is -0.311 e. The largest absolute Gasteiger partial charge is 0.311 e. The molecule has 0 aromatic heterocycles. The first-order chi connectivity index (χ1) is 7.86.